The highest BCUT2D eigenvalue weighted by molar-refractivity contribution is 5.83. The van der Waals surface area contributed by atoms with Crippen molar-refractivity contribution in [1.29, 1.82) is 0 Å². The van der Waals surface area contributed by atoms with Gasteiger partial charge in [-0.05, 0) is 19.3 Å². The third kappa shape index (κ3) is 6.14. The average Bonchev–Trinajstić information content (AvgIpc) is 2.38. The molecule has 0 rings (SSSR count). The van der Waals surface area contributed by atoms with Crippen molar-refractivity contribution < 1.29 is 34.4 Å². The minimum absolute atomic E-state index is 0.0497. The van der Waals surface area contributed by atoms with Gasteiger partial charge in [-0.3, -0.25) is 0 Å². The Morgan fingerprint density at radius 2 is 1.63 bits per heavy atom. The Morgan fingerprint density at radius 3 is 2.00 bits per heavy atom. The summed E-state index contributed by atoms with van der Waals surface area (Å²) in [5.74, 6) is -4.95. The van der Waals surface area contributed by atoms with Gasteiger partial charge in [-0.1, -0.05) is 13.2 Å². The van der Waals surface area contributed by atoms with Gasteiger partial charge >= 0.3 is 17.9 Å². The van der Waals surface area contributed by atoms with Crippen LogP contribution in [0, 0.1) is 0 Å². The van der Waals surface area contributed by atoms with Crippen LogP contribution in [-0.2, 0) is 19.1 Å². The lowest BCUT2D eigenvalue weighted by molar-refractivity contribution is -0.358. The van der Waals surface area contributed by atoms with Crippen LogP contribution in [0.3, 0.4) is 0 Å². The first-order chi connectivity index (χ1) is 8.89. The summed E-state index contributed by atoms with van der Waals surface area (Å²) in [5, 5.41) is 28.2. The van der Waals surface area contributed by atoms with E-state index < -0.39 is 24.0 Å². The third-order valence-electron chi connectivity index (χ3n) is 2.13. The monoisotopic (exact) mass is 274 g/mol. The summed E-state index contributed by atoms with van der Waals surface area (Å²) in [6, 6.07) is 0. The Hall–Kier alpha value is -1.70. The van der Waals surface area contributed by atoms with Gasteiger partial charge in [0.15, 0.2) is 6.10 Å². The maximum Gasteiger partial charge on any atom is 0.401 e. The summed E-state index contributed by atoms with van der Waals surface area (Å²) in [4.78, 5) is 22.1. The number of unbranched alkanes of at least 4 members (excludes halogenated alkanes) is 1. The zero-order valence-corrected chi connectivity index (χ0v) is 10.4. The van der Waals surface area contributed by atoms with Crippen LogP contribution in [0.5, 0.6) is 0 Å². The number of hydrogen-bond acceptors (Lipinski definition) is 7. The molecule has 0 aromatic heterocycles. The van der Waals surface area contributed by atoms with Gasteiger partial charge in [-0.2, -0.15) is 0 Å². The number of ether oxygens (including phenoxy) is 2. The van der Waals surface area contributed by atoms with Gasteiger partial charge in [0.25, 0.3) is 0 Å². The SMILES string of the molecule is C=CC(=O)OC(O)(OC(=O)C=C)C(O)CCCCO. The lowest BCUT2D eigenvalue weighted by Crippen LogP contribution is -2.49. The lowest BCUT2D eigenvalue weighted by Gasteiger charge is -2.30. The quantitative estimate of drug-likeness (QED) is 0.227. The fraction of sp³-hybridized carbons (Fsp3) is 0.500. The molecule has 0 fully saturated rings. The molecule has 1 unspecified atom stereocenters. The van der Waals surface area contributed by atoms with E-state index in [1.54, 1.807) is 0 Å². The normalized spacial score (nSPS) is 12.4. The molecule has 19 heavy (non-hydrogen) atoms. The Balaban J connectivity index is 4.80. The van der Waals surface area contributed by atoms with Gasteiger partial charge in [-0.15, -0.1) is 0 Å². The number of esters is 2. The molecule has 0 radical (unpaired) electrons. The van der Waals surface area contributed by atoms with E-state index in [2.05, 4.69) is 22.6 Å². The summed E-state index contributed by atoms with van der Waals surface area (Å²) in [7, 11) is 0. The number of hydrogen-bond donors (Lipinski definition) is 3. The highest BCUT2D eigenvalue weighted by atomic mass is 16.8. The number of carbonyl (C=O) groups excluding carboxylic acids is 2. The third-order valence-corrected chi connectivity index (χ3v) is 2.13. The van der Waals surface area contributed by atoms with Gasteiger partial charge in [0.1, 0.15) is 0 Å². The van der Waals surface area contributed by atoms with Crippen LogP contribution in [-0.4, -0.2) is 45.9 Å². The van der Waals surface area contributed by atoms with Gasteiger partial charge in [0.05, 0.1) is 0 Å². The van der Waals surface area contributed by atoms with E-state index in [1.165, 1.54) is 0 Å². The van der Waals surface area contributed by atoms with Crippen molar-refractivity contribution in [3.05, 3.63) is 25.3 Å². The molecule has 0 aliphatic carbocycles. The maximum absolute atomic E-state index is 11.1. The molecular weight excluding hydrogens is 256 g/mol. The van der Waals surface area contributed by atoms with Gasteiger partial charge < -0.3 is 24.8 Å². The Morgan fingerprint density at radius 1 is 1.16 bits per heavy atom. The molecule has 0 aliphatic rings. The molecular formula is C12H18O7. The molecule has 7 heteroatoms. The molecule has 0 amide bonds. The van der Waals surface area contributed by atoms with Crippen LogP contribution in [0.25, 0.3) is 0 Å². The standard InChI is InChI=1S/C12H18O7/c1-3-10(15)18-12(17,19-11(16)4-2)9(14)7-5-6-8-13/h3-4,9,13-14,17H,1-2,5-8H2. The van der Waals surface area contributed by atoms with Crippen LogP contribution in [0.1, 0.15) is 19.3 Å². The summed E-state index contributed by atoms with van der Waals surface area (Å²) < 4.78 is 8.89. The molecule has 0 heterocycles. The number of aliphatic hydroxyl groups is 3. The van der Waals surface area contributed by atoms with Gasteiger partial charge in [0.2, 0.25) is 0 Å². The first-order valence-electron chi connectivity index (χ1n) is 5.61. The Kier molecular flexibility index (Phi) is 7.66. The Bertz CT molecular complexity index is 315. The van der Waals surface area contributed by atoms with Crippen molar-refractivity contribution in [2.75, 3.05) is 6.61 Å². The summed E-state index contributed by atoms with van der Waals surface area (Å²) in [5.41, 5.74) is 0. The highest BCUT2D eigenvalue weighted by Gasteiger charge is 2.43. The van der Waals surface area contributed by atoms with Crippen molar-refractivity contribution in [2.45, 2.75) is 31.3 Å². The first kappa shape index (κ1) is 17.3. The van der Waals surface area contributed by atoms with Crippen molar-refractivity contribution >= 4 is 11.9 Å². The maximum atomic E-state index is 11.1. The molecule has 0 saturated heterocycles. The predicted octanol–water partition coefficient (Wildman–Crippen LogP) is -0.386. The van der Waals surface area contributed by atoms with E-state index in [9.17, 15) is 19.8 Å². The largest absolute Gasteiger partial charge is 0.401 e. The highest BCUT2D eigenvalue weighted by Crippen LogP contribution is 2.20. The average molecular weight is 274 g/mol. The number of rotatable bonds is 9. The zero-order chi connectivity index (χ0) is 14.9. The molecule has 0 aromatic carbocycles. The number of carbonyl (C=O) groups is 2. The molecule has 0 spiro atoms. The van der Waals surface area contributed by atoms with Crippen LogP contribution in [0.2, 0.25) is 0 Å². The lowest BCUT2D eigenvalue weighted by atomic mass is 10.1. The van der Waals surface area contributed by atoms with E-state index in [0.717, 1.165) is 12.2 Å². The van der Waals surface area contributed by atoms with E-state index in [0.29, 0.717) is 12.8 Å². The fourth-order valence-corrected chi connectivity index (χ4v) is 1.16. The van der Waals surface area contributed by atoms with E-state index >= 15 is 0 Å². The summed E-state index contributed by atoms with van der Waals surface area (Å²) in [6.07, 6.45) is 0.480. The second-order valence-electron chi connectivity index (χ2n) is 3.62. The second kappa shape index (κ2) is 8.41. The molecule has 108 valence electrons. The van der Waals surface area contributed by atoms with Crippen LogP contribution < -0.4 is 0 Å². The smallest absolute Gasteiger partial charge is 0.396 e. The molecule has 0 aromatic rings. The molecule has 7 nitrogen and oxygen atoms in total. The van der Waals surface area contributed by atoms with Crippen LogP contribution in [0.4, 0.5) is 0 Å². The molecule has 0 aliphatic heterocycles. The summed E-state index contributed by atoms with van der Waals surface area (Å²) >= 11 is 0. The van der Waals surface area contributed by atoms with Crippen molar-refractivity contribution in [2.24, 2.45) is 0 Å². The van der Waals surface area contributed by atoms with Crippen LogP contribution >= 0.6 is 0 Å². The molecule has 0 saturated carbocycles. The Labute approximate surface area is 110 Å². The topological polar surface area (TPSA) is 113 Å². The molecule has 0 bridgehead atoms. The van der Waals surface area contributed by atoms with Crippen molar-refractivity contribution in [3.63, 3.8) is 0 Å². The van der Waals surface area contributed by atoms with E-state index in [-0.39, 0.29) is 13.0 Å². The first-order valence-corrected chi connectivity index (χ1v) is 5.61. The molecule has 3 N–H and O–H groups in total. The minimum Gasteiger partial charge on any atom is -0.396 e. The predicted molar refractivity (Wildman–Crippen MR) is 64.5 cm³/mol. The van der Waals surface area contributed by atoms with E-state index in [4.69, 9.17) is 5.11 Å². The number of aliphatic hydroxyl groups excluding tert-OH is 2. The second-order valence-corrected chi connectivity index (χ2v) is 3.62. The summed E-state index contributed by atoms with van der Waals surface area (Å²) in [6.45, 7) is 6.14. The van der Waals surface area contributed by atoms with Gasteiger partial charge in [-0.25, -0.2) is 9.59 Å². The van der Waals surface area contributed by atoms with Crippen molar-refractivity contribution in [3.8, 4) is 0 Å². The van der Waals surface area contributed by atoms with Gasteiger partial charge in [0, 0.05) is 18.8 Å². The van der Waals surface area contributed by atoms with Crippen molar-refractivity contribution in [1.82, 2.24) is 0 Å². The fourth-order valence-electron chi connectivity index (χ4n) is 1.16. The minimum atomic E-state index is -2.81. The van der Waals surface area contributed by atoms with Crippen LogP contribution in [0.15, 0.2) is 25.3 Å². The van der Waals surface area contributed by atoms with E-state index in [1.807, 2.05) is 0 Å². The molecule has 1 atom stereocenters. The zero-order valence-electron chi connectivity index (χ0n) is 10.4.